The number of benzene rings is 1. The fourth-order valence-corrected chi connectivity index (χ4v) is 4.28. The first-order chi connectivity index (χ1) is 16.1. The van der Waals surface area contributed by atoms with Crippen molar-refractivity contribution >= 4 is 29.1 Å². The molecule has 5 rings (SSSR count). The van der Waals surface area contributed by atoms with Crippen LogP contribution in [0.4, 0.5) is 30.8 Å². The third-order valence-corrected chi connectivity index (χ3v) is 6.19. The van der Waals surface area contributed by atoms with Crippen molar-refractivity contribution in [3.63, 3.8) is 0 Å². The number of amides is 3. The summed E-state index contributed by atoms with van der Waals surface area (Å²) in [4.78, 5) is 37.1. The lowest BCUT2D eigenvalue weighted by Crippen LogP contribution is -2.68. The molecule has 1 aliphatic carbocycles. The number of carbonyl (C=O) groups is 2. The summed E-state index contributed by atoms with van der Waals surface area (Å²) in [6.45, 7) is 2.58. The van der Waals surface area contributed by atoms with Gasteiger partial charge < -0.3 is 20.3 Å². The number of fused-ring (bicyclic) bond motifs is 3. The molecule has 1 saturated heterocycles. The standard InChI is InChI=1S/C23H26F2N6O3/c1-22-13-34-10-9-31(22)19-17(30(20(22)32)12-23(2,24)25)11-26-18(29-19)14-3-5-15(6-4-14)27-21(33)28-16-7-8-16/h3-6,11,16H,7-10,12-13H2,1-2H3,(H2,27,28,33)/t22-/m0/s1. The van der Waals surface area contributed by atoms with Crippen molar-refractivity contribution in [3.8, 4) is 11.4 Å². The Morgan fingerprint density at radius 1 is 1.29 bits per heavy atom. The topological polar surface area (TPSA) is 99.7 Å². The van der Waals surface area contributed by atoms with Gasteiger partial charge in [0.15, 0.2) is 11.6 Å². The SMILES string of the molecule is CC(F)(F)CN1C(=O)[C@]2(C)COCCN2c2nc(-c3ccc(NC(=O)NC4CC4)cc3)ncc21. The number of urea groups is 1. The Morgan fingerprint density at radius 3 is 2.71 bits per heavy atom. The molecule has 180 valence electrons. The van der Waals surface area contributed by atoms with Gasteiger partial charge in [-0.25, -0.2) is 23.5 Å². The Hall–Kier alpha value is -3.34. The maximum Gasteiger partial charge on any atom is 0.319 e. The second-order valence-electron chi connectivity index (χ2n) is 9.29. The number of hydrogen-bond acceptors (Lipinski definition) is 6. The minimum Gasteiger partial charge on any atom is -0.377 e. The van der Waals surface area contributed by atoms with Crippen LogP contribution in [0.25, 0.3) is 11.4 Å². The number of morpholine rings is 1. The Labute approximate surface area is 195 Å². The minimum atomic E-state index is -3.09. The summed E-state index contributed by atoms with van der Waals surface area (Å²) < 4.78 is 33.4. The molecule has 9 nitrogen and oxygen atoms in total. The lowest BCUT2D eigenvalue weighted by molar-refractivity contribution is -0.128. The summed E-state index contributed by atoms with van der Waals surface area (Å²) in [6, 6.07) is 7.06. The minimum absolute atomic E-state index is 0.0830. The number of carbonyl (C=O) groups excluding carboxylic acids is 2. The van der Waals surface area contributed by atoms with E-state index in [9.17, 15) is 18.4 Å². The summed E-state index contributed by atoms with van der Waals surface area (Å²) >= 11 is 0. The van der Waals surface area contributed by atoms with E-state index in [2.05, 4.69) is 20.6 Å². The number of rotatable bonds is 5. The zero-order valence-electron chi connectivity index (χ0n) is 19.0. The first-order valence-electron chi connectivity index (χ1n) is 11.2. The third-order valence-electron chi connectivity index (χ3n) is 6.19. The van der Waals surface area contributed by atoms with E-state index < -0.39 is 23.9 Å². The lowest BCUT2D eigenvalue weighted by Gasteiger charge is -2.50. The molecule has 1 atom stereocenters. The zero-order valence-corrected chi connectivity index (χ0v) is 19.0. The molecule has 0 spiro atoms. The van der Waals surface area contributed by atoms with Crippen LogP contribution in [0.3, 0.4) is 0 Å². The Bertz CT molecular complexity index is 1120. The summed E-state index contributed by atoms with van der Waals surface area (Å²) in [6.07, 6.45) is 3.43. The van der Waals surface area contributed by atoms with E-state index in [0.717, 1.165) is 24.7 Å². The van der Waals surface area contributed by atoms with Gasteiger partial charge in [-0.15, -0.1) is 0 Å². The van der Waals surface area contributed by atoms with Crippen LogP contribution in [0, 0.1) is 0 Å². The highest BCUT2D eigenvalue weighted by molar-refractivity contribution is 6.08. The summed E-state index contributed by atoms with van der Waals surface area (Å²) in [5, 5.41) is 5.65. The number of alkyl halides is 2. The van der Waals surface area contributed by atoms with Crippen LogP contribution in [0.5, 0.6) is 0 Å². The van der Waals surface area contributed by atoms with Gasteiger partial charge in [0.2, 0.25) is 0 Å². The van der Waals surface area contributed by atoms with Gasteiger partial charge in [0.1, 0.15) is 11.2 Å². The summed E-state index contributed by atoms with van der Waals surface area (Å²) in [5.74, 6) is -2.74. The van der Waals surface area contributed by atoms with Crippen LogP contribution in [0.1, 0.15) is 26.7 Å². The van der Waals surface area contributed by atoms with E-state index in [0.29, 0.717) is 36.0 Å². The number of halogens is 2. The fourth-order valence-electron chi connectivity index (χ4n) is 4.28. The van der Waals surface area contributed by atoms with Crippen molar-refractivity contribution in [3.05, 3.63) is 30.5 Å². The van der Waals surface area contributed by atoms with E-state index in [4.69, 9.17) is 4.74 Å². The van der Waals surface area contributed by atoms with Crippen molar-refractivity contribution in [2.45, 2.75) is 44.2 Å². The van der Waals surface area contributed by atoms with Crippen LogP contribution in [0.2, 0.25) is 0 Å². The molecule has 3 heterocycles. The maximum atomic E-state index is 14.0. The highest BCUT2D eigenvalue weighted by atomic mass is 19.3. The van der Waals surface area contributed by atoms with Crippen molar-refractivity contribution in [2.75, 3.05) is 41.4 Å². The average Bonchev–Trinajstić information content (AvgIpc) is 3.60. The van der Waals surface area contributed by atoms with Crippen LogP contribution in [-0.2, 0) is 9.53 Å². The molecule has 0 bridgehead atoms. The van der Waals surface area contributed by atoms with Gasteiger partial charge in [0, 0.05) is 30.8 Å². The number of aromatic nitrogens is 2. The fraction of sp³-hybridized carbons (Fsp3) is 0.478. The lowest BCUT2D eigenvalue weighted by atomic mass is 9.93. The van der Waals surface area contributed by atoms with Gasteiger partial charge in [0.05, 0.1) is 26.0 Å². The smallest absolute Gasteiger partial charge is 0.319 e. The average molecular weight is 472 g/mol. The Balaban J connectivity index is 1.46. The van der Waals surface area contributed by atoms with Crippen LogP contribution >= 0.6 is 0 Å². The van der Waals surface area contributed by atoms with Gasteiger partial charge in [0.25, 0.3) is 11.8 Å². The quantitative estimate of drug-likeness (QED) is 0.694. The highest BCUT2D eigenvalue weighted by Gasteiger charge is 2.52. The molecule has 2 fully saturated rings. The molecule has 11 heteroatoms. The highest BCUT2D eigenvalue weighted by Crippen LogP contribution is 2.42. The second kappa shape index (κ2) is 8.15. The molecule has 1 aromatic carbocycles. The molecule has 0 unspecified atom stereocenters. The van der Waals surface area contributed by atoms with E-state index in [1.165, 1.54) is 6.20 Å². The van der Waals surface area contributed by atoms with E-state index >= 15 is 0 Å². The third kappa shape index (κ3) is 4.27. The number of ether oxygens (including phenoxy) is 1. The van der Waals surface area contributed by atoms with E-state index in [1.807, 2.05) is 4.90 Å². The predicted molar refractivity (Wildman–Crippen MR) is 122 cm³/mol. The molecule has 3 aliphatic rings. The zero-order chi connectivity index (χ0) is 24.1. The number of anilines is 3. The number of hydrogen-bond donors (Lipinski definition) is 2. The molecular formula is C23H26F2N6O3. The predicted octanol–water partition coefficient (Wildman–Crippen LogP) is 3.02. The van der Waals surface area contributed by atoms with Crippen molar-refractivity contribution in [1.82, 2.24) is 15.3 Å². The normalized spacial score (nSPS) is 22.2. The second-order valence-corrected chi connectivity index (χ2v) is 9.29. The van der Waals surface area contributed by atoms with Crippen molar-refractivity contribution in [1.29, 1.82) is 0 Å². The number of nitrogens with one attached hydrogen (secondary N) is 2. The van der Waals surface area contributed by atoms with Gasteiger partial charge >= 0.3 is 6.03 Å². The maximum absolute atomic E-state index is 14.0. The molecule has 1 saturated carbocycles. The van der Waals surface area contributed by atoms with E-state index in [-0.39, 0.29) is 24.4 Å². The summed E-state index contributed by atoms with van der Waals surface area (Å²) in [5.41, 5.74) is 0.438. The molecule has 1 aromatic heterocycles. The first-order valence-corrected chi connectivity index (χ1v) is 11.2. The molecule has 2 N–H and O–H groups in total. The van der Waals surface area contributed by atoms with Crippen LogP contribution in [-0.4, -0.2) is 65.7 Å². The monoisotopic (exact) mass is 472 g/mol. The molecule has 3 amide bonds. The molecule has 2 aromatic rings. The molecule has 34 heavy (non-hydrogen) atoms. The van der Waals surface area contributed by atoms with Crippen molar-refractivity contribution in [2.24, 2.45) is 0 Å². The Morgan fingerprint density at radius 2 is 2.03 bits per heavy atom. The molecular weight excluding hydrogens is 446 g/mol. The van der Waals surface area contributed by atoms with Gasteiger partial charge in [-0.1, -0.05) is 0 Å². The van der Waals surface area contributed by atoms with E-state index in [1.54, 1.807) is 31.2 Å². The molecule has 0 radical (unpaired) electrons. The van der Waals surface area contributed by atoms with Gasteiger partial charge in [-0.2, -0.15) is 0 Å². The number of nitrogens with zero attached hydrogens (tertiary/aromatic N) is 4. The van der Waals surface area contributed by atoms with Crippen LogP contribution in [0.15, 0.2) is 30.5 Å². The van der Waals surface area contributed by atoms with Gasteiger partial charge in [-0.05, 0) is 44.0 Å². The van der Waals surface area contributed by atoms with Crippen molar-refractivity contribution < 1.29 is 23.1 Å². The largest absolute Gasteiger partial charge is 0.377 e. The molecule has 2 aliphatic heterocycles. The van der Waals surface area contributed by atoms with Crippen LogP contribution < -0.4 is 20.4 Å². The first kappa shape index (κ1) is 22.5. The van der Waals surface area contributed by atoms with Gasteiger partial charge in [-0.3, -0.25) is 9.69 Å². The summed E-state index contributed by atoms with van der Waals surface area (Å²) in [7, 11) is 0. The Kier molecular flexibility index (Phi) is 5.38.